The van der Waals surface area contributed by atoms with E-state index in [1.807, 2.05) is 24.3 Å². The number of benzene rings is 3. The van der Waals surface area contributed by atoms with Crippen LogP contribution in [0.5, 0.6) is 11.5 Å². The molecule has 2 aromatic heterocycles. The van der Waals surface area contributed by atoms with Crippen LogP contribution in [0.15, 0.2) is 76.5 Å². The summed E-state index contributed by atoms with van der Waals surface area (Å²) < 4.78 is 53.1. The topological polar surface area (TPSA) is 109 Å². The van der Waals surface area contributed by atoms with Gasteiger partial charge in [0.2, 0.25) is 9.84 Å². The summed E-state index contributed by atoms with van der Waals surface area (Å²) in [7, 11) is -0.987. The molecule has 2 N–H and O–H groups in total. The van der Waals surface area contributed by atoms with Crippen LogP contribution >= 0.6 is 0 Å². The van der Waals surface area contributed by atoms with E-state index in [0.29, 0.717) is 41.1 Å². The van der Waals surface area contributed by atoms with Gasteiger partial charge in [-0.25, -0.2) is 22.8 Å². The minimum atomic E-state index is -4.11. The molecule has 10 heteroatoms. The maximum absolute atomic E-state index is 13.6. The van der Waals surface area contributed by atoms with Gasteiger partial charge in [-0.2, -0.15) is 0 Å². The van der Waals surface area contributed by atoms with Gasteiger partial charge in [0.15, 0.2) is 17.1 Å². The molecular formula is C26H23FN4O4S. The van der Waals surface area contributed by atoms with Crippen LogP contribution in [0.1, 0.15) is 5.56 Å². The molecule has 0 amide bonds. The molecule has 0 spiro atoms. The molecule has 0 atom stereocenters. The Labute approximate surface area is 207 Å². The van der Waals surface area contributed by atoms with Crippen LogP contribution in [0.3, 0.4) is 0 Å². The molecule has 0 aliphatic carbocycles. The molecule has 8 nitrogen and oxygen atoms in total. The van der Waals surface area contributed by atoms with Crippen LogP contribution in [-0.4, -0.2) is 37.2 Å². The molecule has 5 aromatic rings. The standard InChI is InChI=1S/C26H23FN4O4S/c1-34-21-12-7-16(15-22(21)35-2)13-14-31-25(28)24(36(32,33)18-10-8-17(27)9-11-18)23-26(31)30-20-6-4-3-5-19(20)29-23/h3-12,15H,13-14,28H2,1-2H3. The fourth-order valence-corrected chi connectivity index (χ4v) is 5.70. The first-order valence-corrected chi connectivity index (χ1v) is 12.6. The van der Waals surface area contributed by atoms with E-state index in [2.05, 4.69) is 4.98 Å². The third-order valence-electron chi connectivity index (χ3n) is 6.01. The number of ether oxygens (including phenoxy) is 2. The summed E-state index contributed by atoms with van der Waals surface area (Å²) in [6.45, 7) is 0.337. The minimum absolute atomic E-state index is 0.0186. The lowest BCUT2D eigenvalue weighted by molar-refractivity contribution is 0.354. The Hall–Kier alpha value is -4.18. The first kappa shape index (κ1) is 23.6. The van der Waals surface area contributed by atoms with Gasteiger partial charge >= 0.3 is 0 Å². The number of para-hydroxylation sites is 2. The highest BCUT2D eigenvalue weighted by atomic mass is 32.2. The Morgan fingerprint density at radius 3 is 2.25 bits per heavy atom. The van der Waals surface area contributed by atoms with E-state index in [4.69, 9.17) is 20.2 Å². The fraction of sp³-hybridized carbons (Fsp3) is 0.154. The Bertz CT molecular complexity index is 1700. The van der Waals surface area contributed by atoms with E-state index >= 15 is 0 Å². The van der Waals surface area contributed by atoms with Crippen molar-refractivity contribution >= 4 is 37.9 Å². The van der Waals surface area contributed by atoms with Gasteiger partial charge in [0, 0.05) is 6.54 Å². The summed E-state index contributed by atoms with van der Waals surface area (Å²) in [5.74, 6) is 0.679. The second kappa shape index (κ2) is 9.12. The first-order valence-electron chi connectivity index (χ1n) is 11.1. The maximum atomic E-state index is 13.6. The number of nitrogens with two attached hydrogens (primary N) is 1. The molecule has 0 aliphatic heterocycles. The molecule has 0 unspecified atom stereocenters. The SMILES string of the molecule is COc1ccc(CCn2c(N)c(S(=O)(=O)c3ccc(F)cc3)c3nc4ccccc4nc32)cc1OC. The number of hydrogen-bond donors (Lipinski definition) is 1. The van der Waals surface area contributed by atoms with E-state index in [1.54, 1.807) is 37.0 Å². The molecule has 2 heterocycles. The average molecular weight is 507 g/mol. The number of methoxy groups -OCH3 is 2. The van der Waals surface area contributed by atoms with Gasteiger partial charge in [0.05, 0.1) is 30.1 Å². The molecule has 36 heavy (non-hydrogen) atoms. The number of nitrogen functional groups attached to an aromatic ring is 1. The zero-order chi connectivity index (χ0) is 25.4. The van der Waals surface area contributed by atoms with Crippen molar-refractivity contribution in [1.29, 1.82) is 0 Å². The monoisotopic (exact) mass is 506 g/mol. The lowest BCUT2D eigenvalue weighted by Gasteiger charge is -2.11. The van der Waals surface area contributed by atoms with Crippen LogP contribution < -0.4 is 15.2 Å². The second-order valence-corrected chi connectivity index (χ2v) is 10.0. The number of nitrogens with zero attached hydrogens (tertiary/aromatic N) is 3. The third-order valence-corrected chi connectivity index (χ3v) is 7.84. The smallest absolute Gasteiger partial charge is 0.212 e. The molecule has 184 valence electrons. The van der Waals surface area contributed by atoms with Crippen LogP contribution in [0.4, 0.5) is 10.2 Å². The average Bonchev–Trinajstić information content (AvgIpc) is 3.16. The van der Waals surface area contributed by atoms with Gasteiger partial charge in [0.1, 0.15) is 22.0 Å². The van der Waals surface area contributed by atoms with E-state index < -0.39 is 15.7 Å². The number of fused-ring (bicyclic) bond motifs is 2. The van der Waals surface area contributed by atoms with Gasteiger partial charge in [-0.3, -0.25) is 0 Å². The number of anilines is 1. The lowest BCUT2D eigenvalue weighted by atomic mass is 10.1. The van der Waals surface area contributed by atoms with Crippen molar-refractivity contribution in [3.63, 3.8) is 0 Å². The highest BCUT2D eigenvalue weighted by Crippen LogP contribution is 2.36. The summed E-state index contributed by atoms with van der Waals surface area (Å²) in [5.41, 5.74) is 9.09. The molecule has 5 rings (SSSR count). The number of rotatable bonds is 7. The molecule has 0 saturated carbocycles. The highest BCUT2D eigenvalue weighted by Gasteiger charge is 2.30. The van der Waals surface area contributed by atoms with Crippen LogP contribution in [0, 0.1) is 5.82 Å². The Morgan fingerprint density at radius 2 is 1.58 bits per heavy atom. The lowest BCUT2D eigenvalue weighted by Crippen LogP contribution is -2.09. The minimum Gasteiger partial charge on any atom is -0.493 e. The van der Waals surface area contributed by atoms with Gasteiger partial charge in [-0.05, 0) is 60.5 Å². The molecule has 0 aliphatic rings. The van der Waals surface area contributed by atoms with Gasteiger partial charge in [-0.15, -0.1) is 0 Å². The Morgan fingerprint density at radius 1 is 0.917 bits per heavy atom. The molecule has 0 saturated heterocycles. The summed E-state index contributed by atoms with van der Waals surface area (Å²) >= 11 is 0. The molecular weight excluding hydrogens is 483 g/mol. The first-order chi connectivity index (χ1) is 17.3. The molecule has 3 aromatic carbocycles. The zero-order valence-electron chi connectivity index (χ0n) is 19.6. The summed E-state index contributed by atoms with van der Waals surface area (Å²) in [5, 5.41) is 0. The third kappa shape index (κ3) is 3.99. The maximum Gasteiger partial charge on any atom is 0.212 e. The number of aromatic nitrogens is 3. The van der Waals surface area contributed by atoms with E-state index in [0.717, 1.165) is 17.7 Å². The number of hydrogen-bond acceptors (Lipinski definition) is 7. The van der Waals surface area contributed by atoms with Crippen molar-refractivity contribution in [2.24, 2.45) is 0 Å². The molecule has 0 fully saturated rings. The number of sulfone groups is 1. The highest BCUT2D eigenvalue weighted by molar-refractivity contribution is 7.92. The van der Waals surface area contributed by atoms with Gasteiger partial charge < -0.3 is 19.8 Å². The van der Waals surface area contributed by atoms with Gasteiger partial charge in [-0.1, -0.05) is 18.2 Å². The van der Waals surface area contributed by atoms with Crippen molar-refractivity contribution in [2.45, 2.75) is 22.8 Å². The van der Waals surface area contributed by atoms with Crippen molar-refractivity contribution in [1.82, 2.24) is 14.5 Å². The molecule has 0 radical (unpaired) electrons. The quantitative estimate of drug-likeness (QED) is 0.326. The van der Waals surface area contributed by atoms with Crippen molar-refractivity contribution in [2.75, 3.05) is 20.0 Å². The summed E-state index contributed by atoms with van der Waals surface area (Å²) in [6.07, 6.45) is 0.513. The number of halogens is 1. The normalized spacial score (nSPS) is 11.8. The van der Waals surface area contributed by atoms with Crippen LogP contribution in [-0.2, 0) is 22.8 Å². The Balaban J connectivity index is 1.66. The van der Waals surface area contributed by atoms with E-state index in [-0.39, 0.29) is 21.1 Å². The van der Waals surface area contributed by atoms with E-state index in [9.17, 15) is 12.8 Å². The van der Waals surface area contributed by atoms with Crippen molar-refractivity contribution in [3.05, 3.63) is 78.1 Å². The second-order valence-electron chi connectivity index (χ2n) is 8.15. The fourth-order valence-electron chi connectivity index (χ4n) is 4.19. The predicted molar refractivity (Wildman–Crippen MR) is 135 cm³/mol. The Kier molecular flexibility index (Phi) is 5.97. The van der Waals surface area contributed by atoms with E-state index in [1.165, 1.54) is 12.1 Å². The summed E-state index contributed by atoms with van der Waals surface area (Å²) in [6, 6.07) is 17.4. The van der Waals surface area contributed by atoms with Crippen molar-refractivity contribution < 1.29 is 22.3 Å². The zero-order valence-corrected chi connectivity index (χ0v) is 20.4. The van der Waals surface area contributed by atoms with Crippen LogP contribution in [0.25, 0.3) is 22.2 Å². The summed E-state index contributed by atoms with van der Waals surface area (Å²) in [4.78, 5) is 9.10. The van der Waals surface area contributed by atoms with Crippen LogP contribution in [0.2, 0.25) is 0 Å². The predicted octanol–water partition coefficient (Wildman–Crippen LogP) is 4.40. The van der Waals surface area contributed by atoms with Gasteiger partial charge in [0.25, 0.3) is 0 Å². The largest absolute Gasteiger partial charge is 0.493 e. The van der Waals surface area contributed by atoms with Crippen molar-refractivity contribution in [3.8, 4) is 11.5 Å². The molecule has 0 bridgehead atoms. The number of aryl methyl sites for hydroxylation is 2.